The van der Waals surface area contributed by atoms with Crippen molar-refractivity contribution in [1.29, 1.82) is 0 Å². The number of pyridine rings is 1. The van der Waals surface area contributed by atoms with Crippen LogP contribution in [0.25, 0.3) is 89.2 Å². The molecule has 1 spiro atoms. The highest BCUT2D eigenvalue weighted by atomic mass is 32.2. The first-order chi connectivity index (χ1) is 32.0. The summed E-state index contributed by atoms with van der Waals surface area (Å²) in [5.74, 6) is 0.589. The van der Waals surface area contributed by atoms with Crippen LogP contribution >= 0.6 is 0 Å². The standard InChI is InChI=1S/C58H35N3O3S/c62-65(63)55-23-11-9-21-48(55)58(50-33-54-46(32-56(50)65)45-19-7-10-22-53(45)64-54)47-20-8-6-18-43(47)41-16-4-5-17-42(41)44-29-28-39(31-49(44)58)52-34-51(37-13-2-1-3-14-37)60-57(61-52)38-26-24-36(25-27-38)40-15-12-30-59-35-40/h1-35H. The van der Waals surface area contributed by atoms with Gasteiger partial charge in [-0.3, -0.25) is 4.98 Å². The van der Waals surface area contributed by atoms with Crippen LogP contribution in [0.2, 0.25) is 0 Å². The van der Waals surface area contributed by atoms with Crippen LogP contribution in [-0.4, -0.2) is 23.4 Å². The van der Waals surface area contributed by atoms with Crippen molar-refractivity contribution < 1.29 is 12.8 Å². The summed E-state index contributed by atoms with van der Waals surface area (Å²) in [5, 5.41) is 1.62. The molecule has 1 atom stereocenters. The number of sulfone groups is 1. The maximum absolute atomic E-state index is 15.2. The maximum atomic E-state index is 15.2. The molecule has 3 aromatic heterocycles. The third-order valence-electron chi connectivity index (χ3n) is 13.2. The van der Waals surface area contributed by atoms with Gasteiger partial charge in [0.05, 0.1) is 26.6 Å². The first-order valence-corrected chi connectivity index (χ1v) is 23.0. The summed E-state index contributed by atoms with van der Waals surface area (Å²) < 4.78 is 37.1. The van der Waals surface area contributed by atoms with Gasteiger partial charge in [-0.2, -0.15) is 0 Å². The zero-order valence-electron chi connectivity index (χ0n) is 34.7. The number of benzene rings is 8. The number of aromatic nitrogens is 3. The molecule has 0 fully saturated rings. The van der Waals surface area contributed by atoms with Crippen molar-refractivity contribution in [3.63, 3.8) is 0 Å². The highest BCUT2D eigenvalue weighted by Gasteiger charge is 2.52. The van der Waals surface area contributed by atoms with Gasteiger partial charge in [-0.05, 0) is 98.1 Å². The summed E-state index contributed by atoms with van der Waals surface area (Å²) in [7, 11) is -4.02. The first-order valence-electron chi connectivity index (χ1n) is 21.6. The number of furan rings is 1. The molecule has 0 saturated carbocycles. The van der Waals surface area contributed by atoms with E-state index >= 15 is 8.42 Å². The lowest BCUT2D eigenvalue weighted by atomic mass is 9.63. The van der Waals surface area contributed by atoms with Gasteiger partial charge in [0.15, 0.2) is 5.82 Å². The zero-order valence-corrected chi connectivity index (χ0v) is 35.5. The lowest BCUT2D eigenvalue weighted by molar-refractivity contribution is 0.579. The van der Waals surface area contributed by atoms with E-state index in [1.165, 1.54) is 0 Å². The summed E-state index contributed by atoms with van der Waals surface area (Å²) in [6.07, 6.45) is 3.64. The first kappa shape index (κ1) is 37.3. The number of hydrogen-bond acceptors (Lipinski definition) is 6. The number of para-hydroxylation sites is 1. The summed E-state index contributed by atoms with van der Waals surface area (Å²) in [4.78, 5) is 15.4. The van der Waals surface area contributed by atoms with Gasteiger partial charge >= 0.3 is 0 Å². The average molecular weight is 854 g/mol. The molecule has 0 bridgehead atoms. The quantitative estimate of drug-likeness (QED) is 0.175. The molecular formula is C58H35N3O3S. The minimum atomic E-state index is -4.02. The van der Waals surface area contributed by atoms with Crippen molar-refractivity contribution in [2.45, 2.75) is 15.2 Å². The number of rotatable bonds is 4. The summed E-state index contributed by atoms with van der Waals surface area (Å²) in [6, 6.07) is 67.2. The normalized spacial score (nSPS) is 15.4. The van der Waals surface area contributed by atoms with Gasteiger partial charge in [0.25, 0.3) is 0 Å². The molecule has 2 aliphatic rings. The summed E-state index contributed by atoms with van der Waals surface area (Å²) >= 11 is 0. The number of hydrogen-bond donors (Lipinski definition) is 0. The molecule has 1 aliphatic heterocycles. The van der Waals surface area contributed by atoms with Crippen molar-refractivity contribution in [1.82, 2.24) is 15.0 Å². The number of nitrogens with zero attached hydrogens (tertiary/aromatic N) is 3. The fourth-order valence-corrected chi connectivity index (χ4v) is 12.1. The van der Waals surface area contributed by atoms with E-state index in [4.69, 9.17) is 14.4 Å². The van der Waals surface area contributed by atoms with Gasteiger partial charge in [0.2, 0.25) is 9.84 Å². The average Bonchev–Trinajstić information content (AvgIpc) is 3.70. The molecule has 8 aromatic carbocycles. The van der Waals surface area contributed by atoms with E-state index in [1.54, 1.807) is 12.3 Å². The Labute approximate surface area is 375 Å². The van der Waals surface area contributed by atoms with Crippen LogP contribution in [-0.2, 0) is 15.3 Å². The second-order valence-corrected chi connectivity index (χ2v) is 18.6. The van der Waals surface area contributed by atoms with Crippen molar-refractivity contribution in [2.24, 2.45) is 0 Å². The third kappa shape index (κ3) is 5.52. The molecule has 0 radical (unpaired) electrons. The fourth-order valence-electron chi connectivity index (χ4n) is 10.3. The summed E-state index contributed by atoms with van der Waals surface area (Å²) in [5.41, 5.74) is 13.9. The zero-order chi connectivity index (χ0) is 43.3. The van der Waals surface area contributed by atoms with Crippen molar-refractivity contribution in [2.75, 3.05) is 0 Å². The van der Waals surface area contributed by atoms with Gasteiger partial charge in [0, 0.05) is 39.9 Å². The van der Waals surface area contributed by atoms with E-state index in [1.807, 2.05) is 91.1 Å². The van der Waals surface area contributed by atoms with Crippen LogP contribution in [0.3, 0.4) is 0 Å². The monoisotopic (exact) mass is 853 g/mol. The fraction of sp³-hybridized carbons (Fsp3) is 0.0172. The van der Waals surface area contributed by atoms with E-state index in [2.05, 4.69) is 114 Å². The van der Waals surface area contributed by atoms with Crippen LogP contribution in [0.1, 0.15) is 22.3 Å². The second-order valence-electron chi connectivity index (χ2n) is 16.7. The Morgan fingerprint density at radius 3 is 1.82 bits per heavy atom. The van der Waals surface area contributed by atoms with E-state index in [0.29, 0.717) is 28.1 Å². The molecule has 4 heterocycles. The predicted octanol–water partition coefficient (Wildman–Crippen LogP) is 13.6. The van der Waals surface area contributed by atoms with Gasteiger partial charge in [0.1, 0.15) is 11.2 Å². The molecule has 0 amide bonds. The van der Waals surface area contributed by atoms with E-state index in [9.17, 15) is 0 Å². The van der Waals surface area contributed by atoms with Crippen LogP contribution in [0, 0.1) is 0 Å². The molecule has 65 heavy (non-hydrogen) atoms. The molecule has 7 heteroatoms. The van der Waals surface area contributed by atoms with Crippen LogP contribution in [0.15, 0.2) is 227 Å². The Balaban J connectivity index is 1.13. The van der Waals surface area contributed by atoms with Crippen LogP contribution < -0.4 is 0 Å². The third-order valence-corrected chi connectivity index (χ3v) is 15.1. The molecule has 0 N–H and O–H groups in total. The molecule has 1 aliphatic carbocycles. The van der Waals surface area contributed by atoms with E-state index in [-0.39, 0.29) is 9.79 Å². The molecule has 0 saturated heterocycles. The Kier molecular flexibility index (Phi) is 8.11. The molecule has 13 rings (SSSR count). The second kappa shape index (κ2) is 14.1. The molecule has 6 nitrogen and oxygen atoms in total. The minimum absolute atomic E-state index is 0.262. The van der Waals surface area contributed by atoms with Crippen molar-refractivity contribution >= 4 is 31.8 Å². The highest BCUT2D eigenvalue weighted by Crippen LogP contribution is 2.60. The van der Waals surface area contributed by atoms with Crippen molar-refractivity contribution in [3.8, 4) is 67.3 Å². The van der Waals surface area contributed by atoms with E-state index in [0.717, 1.165) is 83.4 Å². The Morgan fingerprint density at radius 2 is 1.03 bits per heavy atom. The predicted molar refractivity (Wildman–Crippen MR) is 257 cm³/mol. The minimum Gasteiger partial charge on any atom is -0.456 e. The SMILES string of the molecule is O=S1(=O)c2ccccc2C2(c3ccccc3-c3ccccc3-c3ccc(-c4cc(-c5ccccc5)nc(-c5ccc(-c6cccnc6)cc5)n4)cc32)c2cc3oc4ccccc4c3cc21. The van der Waals surface area contributed by atoms with Gasteiger partial charge < -0.3 is 4.42 Å². The summed E-state index contributed by atoms with van der Waals surface area (Å²) in [6.45, 7) is 0. The largest absolute Gasteiger partial charge is 0.456 e. The Morgan fingerprint density at radius 1 is 0.400 bits per heavy atom. The highest BCUT2D eigenvalue weighted by molar-refractivity contribution is 7.91. The van der Waals surface area contributed by atoms with Crippen LogP contribution in [0.5, 0.6) is 0 Å². The van der Waals surface area contributed by atoms with Gasteiger partial charge in [-0.15, -0.1) is 0 Å². The lowest BCUT2D eigenvalue weighted by Gasteiger charge is -2.42. The topological polar surface area (TPSA) is 86.0 Å². The van der Waals surface area contributed by atoms with Crippen molar-refractivity contribution in [3.05, 3.63) is 235 Å². The van der Waals surface area contributed by atoms with Gasteiger partial charge in [-0.25, -0.2) is 18.4 Å². The lowest BCUT2D eigenvalue weighted by Crippen LogP contribution is -2.38. The van der Waals surface area contributed by atoms with E-state index < -0.39 is 15.3 Å². The number of fused-ring (bicyclic) bond motifs is 14. The Bertz CT molecular complexity index is 3850. The van der Waals surface area contributed by atoms with Crippen LogP contribution in [0.4, 0.5) is 0 Å². The molecular weight excluding hydrogens is 819 g/mol. The maximum Gasteiger partial charge on any atom is 0.207 e. The smallest absolute Gasteiger partial charge is 0.207 e. The molecule has 11 aromatic rings. The molecule has 306 valence electrons. The molecule has 1 unspecified atom stereocenters. The van der Waals surface area contributed by atoms with Gasteiger partial charge in [-0.1, -0.05) is 158 Å². The Hall–Kier alpha value is -8.26.